The van der Waals surface area contributed by atoms with E-state index in [1.165, 1.54) is 16.7 Å². The van der Waals surface area contributed by atoms with Gasteiger partial charge in [0, 0.05) is 5.41 Å². The Hall–Kier alpha value is -0.780. The van der Waals surface area contributed by atoms with E-state index in [1.54, 1.807) is 0 Å². The van der Waals surface area contributed by atoms with Gasteiger partial charge in [-0.15, -0.1) is 6.58 Å². The van der Waals surface area contributed by atoms with Gasteiger partial charge in [0.1, 0.15) is 0 Å². The molecule has 0 aromatic heterocycles. The van der Waals surface area contributed by atoms with Crippen molar-refractivity contribution in [3.63, 3.8) is 0 Å². The molecule has 0 radical (unpaired) electrons. The van der Waals surface area contributed by atoms with E-state index >= 15 is 0 Å². The molecule has 0 aromatic carbocycles. The second kappa shape index (κ2) is 2.93. The van der Waals surface area contributed by atoms with Gasteiger partial charge in [0.05, 0.1) is 0 Å². The van der Waals surface area contributed by atoms with Gasteiger partial charge in [0.15, 0.2) is 0 Å². The van der Waals surface area contributed by atoms with E-state index < -0.39 is 0 Å². The lowest BCUT2D eigenvalue weighted by molar-refractivity contribution is 0.530. The summed E-state index contributed by atoms with van der Waals surface area (Å²) >= 11 is 0. The Kier molecular flexibility index (Phi) is 2.27. The first-order chi connectivity index (χ1) is 5.51. The van der Waals surface area contributed by atoms with Crippen molar-refractivity contribution >= 4 is 0 Å². The summed E-state index contributed by atoms with van der Waals surface area (Å²) in [7, 11) is 0. The van der Waals surface area contributed by atoms with Gasteiger partial charge in [-0.25, -0.2) is 0 Å². The van der Waals surface area contributed by atoms with Crippen molar-refractivity contribution in [3.05, 3.63) is 35.5 Å². The summed E-state index contributed by atoms with van der Waals surface area (Å²) < 4.78 is 0. The van der Waals surface area contributed by atoms with Crippen LogP contribution in [-0.2, 0) is 0 Å². The van der Waals surface area contributed by atoms with Gasteiger partial charge in [-0.05, 0) is 32.8 Å². The van der Waals surface area contributed by atoms with Crippen LogP contribution in [0.25, 0.3) is 0 Å². The number of hydrogen-bond donors (Lipinski definition) is 0. The molecule has 0 heterocycles. The molecule has 66 valence electrons. The first-order valence-corrected chi connectivity index (χ1v) is 4.50. The van der Waals surface area contributed by atoms with E-state index in [1.807, 2.05) is 6.08 Å². The summed E-state index contributed by atoms with van der Waals surface area (Å²) in [6.07, 6.45) is 5.42. The topological polar surface area (TPSA) is 0 Å². The van der Waals surface area contributed by atoms with E-state index in [2.05, 4.69) is 40.3 Å². The quantitative estimate of drug-likeness (QED) is 0.541. The SMILES string of the molecule is C=CCC1(C)C=C(C)C(C)=C1C. The van der Waals surface area contributed by atoms with Crippen LogP contribution >= 0.6 is 0 Å². The Balaban J connectivity index is 3.05. The average Bonchev–Trinajstić information content (AvgIpc) is 2.17. The molecule has 1 atom stereocenters. The molecule has 0 saturated carbocycles. The lowest BCUT2D eigenvalue weighted by Gasteiger charge is -2.22. The van der Waals surface area contributed by atoms with Gasteiger partial charge >= 0.3 is 0 Å². The van der Waals surface area contributed by atoms with E-state index in [0.29, 0.717) is 0 Å². The molecule has 0 heteroatoms. The van der Waals surface area contributed by atoms with Crippen molar-refractivity contribution in [1.29, 1.82) is 0 Å². The predicted molar refractivity (Wildman–Crippen MR) is 55.1 cm³/mol. The zero-order valence-corrected chi connectivity index (χ0v) is 8.57. The Labute approximate surface area is 75.7 Å². The largest absolute Gasteiger partial charge is 0.103 e. The lowest BCUT2D eigenvalue weighted by Crippen LogP contribution is -2.11. The molecular formula is C12H18. The second-order valence-corrected chi connectivity index (χ2v) is 3.99. The van der Waals surface area contributed by atoms with Crippen molar-refractivity contribution in [2.24, 2.45) is 5.41 Å². The second-order valence-electron chi connectivity index (χ2n) is 3.99. The Bertz CT molecular complexity index is 266. The van der Waals surface area contributed by atoms with Crippen LogP contribution in [0.4, 0.5) is 0 Å². The Morgan fingerprint density at radius 1 is 1.42 bits per heavy atom. The highest BCUT2D eigenvalue weighted by atomic mass is 14.3. The molecule has 0 saturated heterocycles. The van der Waals surface area contributed by atoms with Crippen LogP contribution in [0, 0.1) is 5.41 Å². The van der Waals surface area contributed by atoms with Crippen molar-refractivity contribution in [2.45, 2.75) is 34.1 Å². The Morgan fingerprint density at radius 3 is 2.33 bits per heavy atom. The van der Waals surface area contributed by atoms with Gasteiger partial charge in [-0.2, -0.15) is 0 Å². The minimum Gasteiger partial charge on any atom is -0.103 e. The van der Waals surface area contributed by atoms with E-state index in [-0.39, 0.29) is 5.41 Å². The summed E-state index contributed by atoms with van der Waals surface area (Å²) in [5.74, 6) is 0. The molecule has 0 bridgehead atoms. The molecular weight excluding hydrogens is 144 g/mol. The van der Waals surface area contributed by atoms with Crippen LogP contribution in [0.5, 0.6) is 0 Å². The van der Waals surface area contributed by atoms with E-state index in [0.717, 1.165) is 6.42 Å². The van der Waals surface area contributed by atoms with Crippen LogP contribution in [0.3, 0.4) is 0 Å². The maximum Gasteiger partial charge on any atom is 0.0106 e. The predicted octanol–water partition coefficient (Wildman–Crippen LogP) is 3.87. The third-order valence-electron chi connectivity index (χ3n) is 3.11. The first-order valence-electron chi connectivity index (χ1n) is 4.50. The van der Waals surface area contributed by atoms with Crippen LogP contribution in [0.2, 0.25) is 0 Å². The third kappa shape index (κ3) is 1.26. The highest BCUT2D eigenvalue weighted by molar-refractivity contribution is 5.45. The zero-order valence-electron chi connectivity index (χ0n) is 8.57. The van der Waals surface area contributed by atoms with E-state index in [4.69, 9.17) is 0 Å². The van der Waals surface area contributed by atoms with Crippen molar-refractivity contribution < 1.29 is 0 Å². The molecule has 0 spiro atoms. The van der Waals surface area contributed by atoms with Gasteiger partial charge in [-0.1, -0.05) is 30.2 Å². The molecule has 1 rings (SSSR count). The summed E-state index contributed by atoms with van der Waals surface area (Å²) in [5.41, 5.74) is 4.63. The molecule has 0 amide bonds. The smallest absolute Gasteiger partial charge is 0.0106 e. The van der Waals surface area contributed by atoms with Gasteiger partial charge in [0.25, 0.3) is 0 Å². The summed E-state index contributed by atoms with van der Waals surface area (Å²) in [4.78, 5) is 0. The molecule has 1 aliphatic rings. The molecule has 1 aliphatic carbocycles. The lowest BCUT2D eigenvalue weighted by atomic mass is 9.82. The number of allylic oxidation sites excluding steroid dienone is 5. The van der Waals surface area contributed by atoms with Crippen LogP contribution in [-0.4, -0.2) is 0 Å². The minimum atomic E-state index is 0.246. The average molecular weight is 162 g/mol. The summed E-state index contributed by atoms with van der Waals surface area (Å²) in [6.45, 7) is 12.7. The first kappa shape index (κ1) is 9.31. The van der Waals surface area contributed by atoms with E-state index in [9.17, 15) is 0 Å². The molecule has 0 N–H and O–H groups in total. The zero-order chi connectivity index (χ0) is 9.35. The van der Waals surface area contributed by atoms with Gasteiger partial charge < -0.3 is 0 Å². The standard InChI is InChI=1S/C12H18/c1-6-7-12(5)8-9(2)10(3)11(12)4/h6,8H,1,7H2,2-5H3. The fourth-order valence-electron chi connectivity index (χ4n) is 1.93. The Morgan fingerprint density at radius 2 is 2.00 bits per heavy atom. The fourth-order valence-corrected chi connectivity index (χ4v) is 1.93. The highest BCUT2D eigenvalue weighted by Crippen LogP contribution is 2.42. The molecule has 0 nitrogen and oxygen atoms in total. The normalized spacial score (nSPS) is 29.2. The monoisotopic (exact) mass is 162 g/mol. The molecule has 1 unspecified atom stereocenters. The number of hydrogen-bond acceptors (Lipinski definition) is 0. The highest BCUT2D eigenvalue weighted by Gasteiger charge is 2.28. The number of rotatable bonds is 2. The molecule has 0 aromatic rings. The summed E-state index contributed by atoms with van der Waals surface area (Å²) in [6, 6.07) is 0. The van der Waals surface area contributed by atoms with Crippen molar-refractivity contribution in [1.82, 2.24) is 0 Å². The molecule has 0 fully saturated rings. The summed E-state index contributed by atoms with van der Waals surface area (Å²) in [5, 5.41) is 0. The fraction of sp³-hybridized carbons (Fsp3) is 0.500. The van der Waals surface area contributed by atoms with Gasteiger partial charge in [0.2, 0.25) is 0 Å². The minimum absolute atomic E-state index is 0.246. The van der Waals surface area contributed by atoms with Gasteiger partial charge in [-0.3, -0.25) is 0 Å². The molecule has 0 aliphatic heterocycles. The van der Waals surface area contributed by atoms with Crippen LogP contribution in [0.15, 0.2) is 35.5 Å². The van der Waals surface area contributed by atoms with Crippen molar-refractivity contribution in [2.75, 3.05) is 0 Å². The maximum atomic E-state index is 3.80. The third-order valence-corrected chi connectivity index (χ3v) is 3.11. The molecule has 12 heavy (non-hydrogen) atoms. The maximum absolute atomic E-state index is 3.80. The van der Waals surface area contributed by atoms with Crippen LogP contribution in [0.1, 0.15) is 34.1 Å². The van der Waals surface area contributed by atoms with Crippen LogP contribution < -0.4 is 0 Å². The van der Waals surface area contributed by atoms with Crippen molar-refractivity contribution in [3.8, 4) is 0 Å².